The lowest BCUT2D eigenvalue weighted by Crippen LogP contribution is -2.24. The first kappa shape index (κ1) is 20.3. The fourth-order valence-corrected chi connectivity index (χ4v) is 3.68. The maximum Gasteiger partial charge on any atom is 0.254 e. The number of pyridine rings is 1. The highest BCUT2D eigenvalue weighted by atomic mass is 19.1. The lowest BCUT2D eigenvalue weighted by Gasteiger charge is -2.12. The monoisotopic (exact) mass is 412 g/mol. The van der Waals surface area contributed by atoms with Crippen molar-refractivity contribution in [1.82, 2.24) is 14.1 Å². The summed E-state index contributed by atoms with van der Waals surface area (Å²) in [6.45, 7) is 4.24. The van der Waals surface area contributed by atoms with Crippen LogP contribution in [0.15, 0.2) is 72.0 Å². The molecule has 0 spiro atoms. The van der Waals surface area contributed by atoms with Crippen LogP contribution < -0.4 is 5.56 Å². The average Bonchev–Trinajstić information content (AvgIpc) is 3.18. The summed E-state index contributed by atoms with van der Waals surface area (Å²) in [6, 6.07) is 15.8. The van der Waals surface area contributed by atoms with E-state index in [1.54, 1.807) is 30.7 Å². The second-order valence-electron chi connectivity index (χ2n) is 7.65. The Morgan fingerprint density at radius 3 is 2.42 bits per heavy atom. The second kappa shape index (κ2) is 8.41. The molecule has 0 saturated heterocycles. The molecule has 4 aromatic rings. The van der Waals surface area contributed by atoms with Gasteiger partial charge in [0.2, 0.25) is 0 Å². The Hall–Kier alpha value is -3.98. The van der Waals surface area contributed by atoms with Gasteiger partial charge < -0.3 is 9.13 Å². The predicted molar refractivity (Wildman–Crippen MR) is 117 cm³/mol. The Morgan fingerprint density at radius 1 is 1.03 bits per heavy atom. The number of nitrogens with zero attached hydrogens (tertiary/aromatic N) is 4. The van der Waals surface area contributed by atoms with Crippen molar-refractivity contribution in [3.63, 3.8) is 0 Å². The molecular formula is C25H21FN4O. The first-order chi connectivity index (χ1) is 14.9. The van der Waals surface area contributed by atoms with Crippen molar-refractivity contribution in [2.45, 2.75) is 26.8 Å². The van der Waals surface area contributed by atoms with Crippen LogP contribution in [-0.4, -0.2) is 14.1 Å². The molecule has 154 valence electrons. The van der Waals surface area contributed by atoms with E-state index in [0.29, 0.717) is 17.5 Å². The maximum atomic E-state index is 13.2. The Bertz CT molecular complexity index is 1340. The molecule has 5 nitrogen and oxygen atoms in total. The van der Waals surface area contributed by atoms with Crippen LogP contribution in [0, 0.1) is 31.0 Å². The Morgan fingerprint density at radius 2 is 1.77 bits per heavy atom. The molecule has 0 radical (unpaired) electrons. The van der Waals surface area contributed by atoms with Gasteiger partial charge >= 0.3 is 0 Å². The maximum absolute atomic E-state index is 13.2. The highest BCUT2D eigenvalue weighted by molar-refractivity contribution is 5.44. The zero-order chi connectivity index (χ0) is 22.0. The largest absolute Gasteiger partial charge is 0.310 e. The molecule has 2 aromatic carbocycles. The Balaban J connectivity index is 1.65. The molecule has 0 amide bonds. The van der Waals surface area contributed by atoms with Crippen molar-refractivity contribution in [3.05, 3.63) is 117 Å². The molecule has 31 heavy (non-hydrogen) atoms. The molecule has 0 saturated carbocycles. The summed E-state index contributed by atoms with van der Waals surface area (Å²) in [4.78, 5) is 17.3. The predicted octanol–water partition coefficient (Wildman–Crippen LogP) is 4.30. The summed E-state index contributed by atoms with van der Waals surface area (Å²) in [5, 5.41) is 9.43. The van der Waals surface area contributed by atoms with Crippen molar-refractivity contribution in [1.29, 1.82) is 5.26 Å². The van der Waals surface area contributed by atoms with Crippen molar-refractivity contribution in [3.8, 4) is 11.8 Å². The molecule has 2 aromatic heterocycles. The van der Waals surface area contributed by atoms with Gasteiger partial charge in [0.15, 0.2) is 0 Å². The standard InChI is InChI=1S/C25H21FN4O/c1-17-9-20(5-8-24(17)30-13-18(2)28-16-30)10-22-11-21(12-27)15-29(25(22)31)14-19-3-6-23(26)7-4-19/h3-9,11,13,15-16H,10,14H2,1-2H3. The average molecular weight is 412 g/mol. The number of rotatable bonds is 5. The molecule has 0 N–H and O–H groups in total. The van der Waals surface area contributed by atoms with Gasteiger partial charge in [0.05, 0.1) is 24.1 Å². The van der Waals surface area contributed by atoms with Gasteiger partial charge in [-0.25, -0.2) is 9.37 Å². The number of halogens is 1. The number of hydrogen-bond donors (Lipinski definition) is 0. The van der Waals surface area contributed by atoms with Gasteiger partial charge in [-0.1, -0.05) is 24.3 Å². The van der Waals surface area contributed by atoms with E-state index in [4.69, 9.17) is 0 Å². The SMILES string of the molecule is Cc1cn(-c2ccc(Cc3cc(C#N)cn(Cc4ccc(F)cc4)c3=O)cc2C)cn1. The third-order valence-electron chi connectivity index (χ3n) is 5.20. The van der Waals surface area contributed by atoms with Gasteiger partial charge in [0.25, 0.3) is 5.56 Å². The summed E-state index contributed by atoms with van der Waals surface area (Å²) in [5.74, 6) is -0.327. The van der Waals surface area contributed by atoms with Crippen molar-refractivity contribution < 1.29 is 4.39 Å². The number of aryl methyl sites for hydroxylation is 2. The minimum absolute atomic E-state index is 0.157. The van der Waals surface area contributed by atoms with Crippen LogP contribution in [0.4, 0.5) is 4.39 Å². The number of nitriles is 1. The van der Waals surface area contributed by atoms with Crippen LogP contribution in [0.2, 0.25) is 0 Å². The molecule has 0 unspecified atom stereocenters. The summed E-state index contributed by atoms with van der Waals surface area (Å²) < 4.78 is 16.7. The first-order valence-electron chi connectivity index (χ1n) is 9.91. The number of imidazole rings is 1. The van der Waals surface area contributed by atoms with Crippen molar-refractivity contribution in [2.75, 3.05) is 0 Å². The second-order valence-corrected chi connectivity index (χ2v) is 7.65. The third-order valence-corrected chi connectivity index (χ3v) is 5.20. The van der Waals surface area contributed by atoms with E-state index in [1.807, 2.05) is 42.8 Å². The molecule has 2 heterocycles. The molecule has 0 atom stereocenters. The van der Waals surface area contributed by atoms with Crippen LogP contribution in [0.3, 0.4) is 0 Å². The lowest BCUT2D eigenvalue weighted by molar-refractivity contribution is 0.626. The molecule has 4 rings (SSSR count). The highest BCUT2D eigenvalue weighted by Gasteiger charge is 2.10. The number of benzene rings is 2. The van der Waals surface area contributed by atoms with E-state index in [0.717, 1.165) is 28.1 Å². The molecule has 0 fully saturated rings. The summed E-state index contributed by atoms with van der Waals surface area (Å²) in [7, 11) is 0. The van der Waals surface area contributed by atoms with E-state index in [-0.39, 0.29) is 17.9 Å². The Kier molecular flexibility index (Phi) is 5.50. The van der Waals surface area contributed by atoms with Gasteiger partial charge in [-0.2, -0.15) is 5.26 Å². The molecule has 0 aliphatic heterocycles. The van der Waals surface area contributed by atoms with Gasteiger partial charge in [0.1, 0.15) is 11.9 Å². The molecule has 0 bridgehead atoms. The van der Waals surface area contributed by atoms with Crippen LogP contribution in [0.25, 0.3) is 5.69 Å². The molecular weight excluding hydrogens is 391 g/mol. The fourth-order valence-electron chi connectivity index (χ4n) is 3.68. The third kappa shape index (κ3) is 4.46. The quantitative estimate of drug-likeness (QED) is 0.491. The fraction of sp³-hybridized carbons (Fsp3) is 0.160. The van der Waals surface area contributed by atoms with E-state index in [9.17, 15) is 14.4 Å². The van der Waals surface area contributed by atoms with Crippen LogP contribution in [0.1, 0.15) is 33.5 Å². The summed E-state index contributed by atoms with van der Waals surface area (Å²) >= 11 is 0. The van der Waals surface area contributed by atoms with Gasteiger partial charge in [0, 0.05) is 30.1 Å². The summed E-state index contributed by atoms with van der Waals surface area (Å²) in [6.07, 6.45) is 5.71. The minimum atomic E-state index is -0.327. The minimum Gasteiger partial charge on any atom is -0.310 e. The van der Waals surface area contributed by atoms with E-state index < -0.39 is 0 Å². The molecule has 0 aliphatic rings. The Labute approximate surface area is 179 Å². The van der Waals surface area contributed by atoms with Gasteiger partial charge in [-0.15, -0.1) is 0 Å². The normalized spacial score (nSPS) is 10.8. The van der Waals surface area contributed by atoms with Gasteiger partial charge in [-0.05, 0) is 54.8 Å². The van der Waals surface area contributed by atoms with Gasteiger partial charge in [-0.3, -0.25) is 4.79 Å². The van der Waals surface area contributed by atoms with Crippen molar-refractivity contribution in [2.24, 2.45) is 0 Å². The van der Waals surface area contributed by atoms with E-state index in [2.05, 4.69) is 11.1 Å². The van der Waals surface area contributed by atoms with Crippen LogP contribution >= 0.6 is 0 Å². The van der Waals surface area contributed by atoms with E-state index >= 15 is 0 Å². The zero-order valence-electron chi connectivity index (χ0n) is 17.3. The smallest absolute Gasteiger partial charge is 0.254 e. The number of aromatic nitrogens is 3. The highest BCUT2D eigenvalue weighted by Crippen LogP contribution is 2.18. The van der Waals surface area contributed by atoms with Crippen molar-refractivity contribution >= 4 is 0 Å². The summed E-state index contributed by atoms with van der Waals surface area (Å²) in [5.41, 5.74) is 5.63. The molecule has 0 aliphatic carbocycles. The van der Waals surface area contributed by atoms with Crippen LogP contribution in [0.5, 0.6) is 0 Å². The lowest BCUT2D eigenvalue weighted by atomic mass is 10.0. The number of hydrogen-bond acceptors (Lipinski definition) is 3. The topological polar surface area (TPSA) is 63.6 Å². The first-order valence-corrected chi connectivity index (χ1v) is 9.91. The van der Waals surface area contributed by atoms with Crippen LogP contribution in [-0.2, 0) is 13.0 Å². The zero-order valence-corrected chi connectivity index (χ0v) is 17.3. The van der Waals surface area contributed by atoms with E-state index in [1.165, 1.54) is 16.7 Å². The molecule has 6 heteroatoms.